The Labute approximate surface area is 95.9 Å². The van der Waals surface area contributed by atoms with Crippen LogP contribution in [0.2, 0.25) is 0 Å². The SMILES string of the molecule is CC(=O)c1cc2cc(C(C)C)ccc2n1C. The van der Waals surface area contributed by atoms with Crippen LogP contribution in [0.3, 0.4) is 0 Å². The highest BCUT2D eigenvalue weighted by Gasteiger charge is 2.10. The van der Waals surface area contributed by atoms with Crippen LogP contribution in [0.15, 0.2) is 24.3 Å². The third kappa shape index (κ3) is 1.64. The van der Waals surface area contributed by atoms with E-state index in [1.807, 2.05) is 17.7 Å². The summed E-state index contributed by atoms with van der Waals surface area (Å²) in [5, 5.41) is 1.15. The molecule has 2 rings (SSSR count). The molecule has 0 amide bonds. The minimum atomic E-state index is 0.116. The molecule has 2 aromatic rings. The van der Waals surface area contributed by atoms with Crippen molar-refractivity contribution in [3.05, 3.63) is 35.5 Å². The van der Waals surface area contributed by atoms with Crippen LogP contribution in [0.5, 0.6) is 0 Å². The summed E-state index contributed by atoms with van der Waals surface area (Å²) in [4.78, 5) is 11.4. The molecule has 0 N–H and O–H groups in total. The number of aromatic nitrogens is 1. The number of benzene rings is 1. The van der Waals surface area contributed by atoms with Crippen LogP contribution in [0.25, 0.3) is 10.9 Å². The van der Waals surface area contributed by atoms with Gasteiger partial charge in [-0.25, -0.2) is 0 Å². The lowest BCUT2D eigenvalue weighted by Crippen LogP contribution is -2.00. The molecule has 0 unspecified atom stereocenters. The summed E-state index contributed by atoms with van der Waals surface area (Å²) in [5.41, 5.74) is 3.21. The highest BCUT2D eigenvalue weighted by molar-refractivity contribution is 5.98. The number of rotatable bonds is 2. The fourth-order valence-corrected chi connectivity index (χ4v) is 2.06. The van der Waals surface area contributed by atoms with E-state index in [4.69, 9.17) is 0 Å². The van der Waals surface area contributed by atoms with E-state index in [1.165, 1.54) is 5.56 Å². The van der Waals surface area contributed by atoms with E-state index in [0.717, 1.165) is 16.6 Å². The van der Waals surface area contributed by atoms with Crippen molar-refractivity contribution in [3.8, 4) is 0 Å². The summed E-state index contributed by atoms with van der Waals surface area (Å²) in [6.45, 7) is 5.96. The molecule has 0 aliphatic heterocycles. The van der Waals surface area contributed by atoms with Gasteiger partial charge in [-0.2, -0.15) is 0 Å². The van der Waals surface area contributed by atoms with Gasteiger partial charge in [0.1, 0.15) is 0 Å². The summed E-state index contributed by atoms with van der Waals surface area (Å²) in [5.74, 6) is 0.634. The molecule has 0 spiro atoms. The standard InChI is InChI=1S/C14H17NO/c1-9(2)11-5-6-13-12(7-11)8-14(10(3)16)15(13)4/h5-9H,1-4H3. The maximum absolute atomic E-state index is 11.4. The molecule has 0 saturated carbocycles. The quantitative estimate of drug-likeness (QED) is 0.703. The van der Waals surface area contributed by atoms with Crippen LogP contribution >= 0.6 is 0 Å². The van der Waals surface area contributed by atoms with E-state index < -0.39 is 0 Å². The smallest absolute Gasteiger partial charge is 0.176 e. The van der Waals surface area contributed by atoms with E-state index in [2.05, 4.69) is 32.0 Å². The maximum Gasteiger partial charge on any atom is 0.176 e. The summed E-state index contributed by atoms with van der Waals surface area (Å²) >= 11 is 0. The zero-order chi connectivity index (χ0) is 11.9. The first-order valence-electron chi connectivity index (χ1n) is 5.61. The Morgan fingerprint density at radius 3 is 2.50 bits per heavy atom. The second-order valence-electron chi connectivity index (χ2n) is 4.62. The Hall–Kier alpha value is -1.57. The number of hydrogen-bond donors (Lipinski definition) is 0. The minimum absolute atomic E-state index is 0.116. The molecule has 1 aromatic heterocycles. The molecular weight excluding hydrogens is 198 g/mol. The van der Waals surface area contributed by atoms with E-state index in [-0.39, 0.29) is 5.78 Å². The average molecular weight is 215 g/mol. The predicted octanol–water partition coefficient (Wildman–Crippen LogP) is 3.50. The molecule has 0 fully saturated rings. The molecular formula is C14H17NO. The summed E-state index contributed by atoms with van der Waals surface area (Å²) < 4.78 is 1.96. The van der Waals surface area contributed by atoms with Crippen LogP contribution < -0.4 is 0 Å². The lowest BCUT2D eigenvalue weighted by Gasteiger charge is -2.05. The zero-order valence-electron chi connectivity index (χ0n) is 10.2. The van der Waals surface area contributed by atoms with Crippen LogP contribution in [0, 0.1) is 0 Å². The van der Waals surface area contributed by atoms with Gasteiger partial charge < -0.3 is 4.57 Å². The molecule has 0 aliphatic rings. The van der Waals surface area contributed by atoms with E-state index in [9.17, 15) is 4.79 Å². The van der Waals surface area contributed by atoms with Crippen molar-refractivity contribution in [2.45, 2.75) is 26.7 Å². The van der Waals surface area contributed by atoms with Crippen molar-refractivity contribution in [2.75, 3.05) is 0 Å². The molecule has 84 valence electrons. The average Bonchev–Trinajstić information content (AvgIpc) is 2.55. The minimum Gasteiger partial charge on any atom is -0.341 e. The number of ketones is 1. The fraction of sp³-hybridized carbons (Fsp3) is 0.357. The molecule has 0 bridgehead atoms. The molecule has 0 saturated heterocycles. The Morgan fingerprint density at radius 1 is 1.25 bits per heavy atom. The lowest BCUT2D eigenvalue weighted by molar-refractivity contribution is 0.101. The summed E-state index contributed by atoms with van der Waals surface area (Å²) in [6.07, 6.45) is 0. The third-order valence-electron chi connectivity index (χ3n) is 3.09. The van der Waals surface area contributed by atoms with E-state index >= 15 is 0 Å². The Kier molecular flexibility index (Phi) is 2.58. The van der Waals surface area contributed by atoms with Gasteiger partial charge in [-0.05, 0) is 29.7 Å². The topological polar surface area (TPSA) is 22.0 Å². The third-order valence-corrected chi connectivity index (χ3v) is 3.09. The van der Waals surface area contributed by atoms with Crippen molar-refractivity contribution in [2.24, 2.45) is 7.05 Å². The number of carbonyl (C=O) groups is 1. The number of aryl methyl sites for hydroxylation is 1. The normalized spacial score (nSPS) is 11.3. The Morgan fingerprint density at radius 2 is 1.94 bits per heavy atom. The fourth-order valence-electron chi connectivity index (χ4n) is 2.06. The second kappa shape index (κ2) is 3.78. The summed E-state index contributed by atoms with van der Waals surface area (Å²) in [7, 11) is 1.94. The number of hydrogen-bond acceptors (Lipinski definition) is 1. The van der Waals surface area contributed by atoms with Crippen molar-refractivity contribution >= 4 is 16.7 Å². The van der Waals surface area contributed by atoms with Crippen LogP contribution in [0.4, 0.5) is 0 Å². The van der Waals surface area contributed by atoms with Gasteiger partial charge in [-0.15, -0.1) is 0 Å². The predicted molar refractivity (Wildman–Crippen MR) is 67.0 cm³/mol. The van der Waals surface area contributed by atoms with Gasteiger partial charge in [0.25, 0.3) is 0 Å². The maximum atomic E-state index is 11.4. The van der Waals surface area contributed by atoms with Crippen molar-refractivity contribution in [1.29, 1.82) is 0 Å². The Bertz CT molecular complexity index is 549. The van der Waals surface area contributed by atoms with Gasteiger partial charge in [0, 0.05) is 24.9 Å². The Balaban J connectivity index is 2.67. The van der Waals surface area contributed by atoms with Crippen LogP contribution in [-0.4, -0.2) is 10.4 Å². The molecule has 0 radical (unpaired) electrons. The second-order valence-corrected chi connectivity index (χ2v) is 4.62. The highest BCUT2D eigenvalue weighted by atomic mass is 16.1. The van der Waals surface area contributed by atoms with Crippen LogP contribution in [0.1, 0.15) is 42.7 Å². The molecule has 1 heterocycles. The molecule has 0 aliphatic carbocycles. The number of nitrogens with zero attached hydrogens (tertiary/aromatic N) is 1. The van der Waals surface area contributed by atoms with Crippen molar-refractivity contribution in [3.63, 3.8) is 0 Å². The van der Waals surface area contributed by atoms with E-state index in [1.54, 1.807) is 6.92 Å². The van der Waals surface area contributed by atoms with Crippen molar-refractivity contribution in [1.82, 2.24) is 4.57 Å². The number of carbonyl (C=O) groups excluding carboxylic acids is 1. The van der Waals surface area contributed by atoms with Gasteiger partial charge >= 0.3 is 0 Å². The van der Waals surface area contributed by atoms with Gasteiger partial charge in [0.2, 0.25) is 0 Å². The monoisotopic (exact) mass is 215 g/mol. The molecule has 0 atom stereocenters. The number of Topliss-reactive ketones (excluding diaryl/α,β-unsaturated/α-hetero) is 1. The first-order valence-corrected chi connectivity index (χ1v) is 5.61. The molecule has 2 heteroatoms. The zero-order valence-corrected chi connectivity index (χ0v) is 10.2. The van der Waals surface area contributed by atoms with Gasteiger partial charge in [-0.1, -0.05) is 19.9 Å². The van der Waals surface area contributed by atoms with Crippen LogP contribution in [-0.2, 0) is 7.05 Å². The largest absolute Gasteiger partial charge is 0.341 e. The molecule has 2 nitrogen and oxygen atoms in total. The lowest BCUT2D eigenvalue weighted by atomic mass is 10.0. The molecule has 1 aromatic carbocycles. The van der Waals surface area contributed by atoms with Gasteiger partial charge in [0.05, 0.1) is 5.69 Å². The van der Waals surface area contributed by atoms with E-state index in [0.29, 0.717) is 5.92 Å². The van der Waals surface area contributed by atoms with Gasteiger partial charge in [-0.3, -0.25) is 4.79 Å². The highest BCUT2D eigenvalue weighted by Crippen LogP contribution is 2.24. The summed E-state index contributed by atoms with van der Waals surface area (Å²) in [6, 6.07) is 8.38. The first kappa shape index (κ1) is 10.9. The first-order chi connectivity index (χ1) is 7.50. The molecule has 16 heavy (non-hydrogen) atoms. The number of fused-ring (bicyclic) bond motifs is 1. The van der Waals surface area contributed by atoms with Crippen molar-refractivity contribution < 1.29 is 4.79 Å². The van der Waals surface area contributed by atoms with Gasteiger partial charge in [0.15, 0.2) is 5.78 Å².